The van der Waals surface area contributed by atoms with Gasteiger partial charge >= 0.3 is 5.97 Å². The van der Waals surface area contributed by atoms with Gasteiger partial charge in [-0.1, -0.05) is 0 Å². The van der Waals surface area contributed by atoms with Gasteiger partial charge in [0.2, 0.25) is 0 Å². The number of benzene rings is 1. The number of fused-ring (bicyclic) bond motifs is 1. The molecule has 4 nitrogen and oxygen atoms in total. The zero-order valence-electron chi connectivity index (χ0n) is 13.6. The van der Waals surface area contributed by atoms with Crippen LogP contribution in [0.2, 0.25) is 0 Å². The van der Waals surface area contributed by atoms with Crippen LogP contribution in [0.3, 0.4) is 0 Å². The van der Waals surface area contributed by atoms with Gasteiger partial charge in [-0.3, -0.25) is 0 Å². The number of aliphatic imine (C=N–C) groups is 1. The number of rotatable bonds is 4. The van der Waals surface area contributed by atoms with Crippen LogP contribution in [0, 0.1) is 0 Å². The van der Waals surface area contributed by atoms with Crippen molar-refractivity contribution in [2.75, 3.05) is 6.61 Å². The summed E-state index contributed by atoms with van der Waals surface area (Å²) in [6.07, 6.45) is 5.69. The summed E-state index contributed by atoms with van der Waals surface area (Å²) in [6, 6.07) is 3.39. The van der Waals surface area contributed by atoms with Gasteiger partial charge < -0.3 is 9.84 Å². The molecule has 1 N–H and O–H groups in total. The molecule has 1 heterocycles. The maximum atomic E-state index is 12.4. The van der Waals surface area contributed by atoms with Crippen molar-refractivity contribution in [3.63, 3.8) is 0 Å². The Kier molecular flexibility index (Phi) is 5.96. The van der Waals surface area contributed by atoms with E-state index in [0.717, 1.165) is 40.2 Å². The lowest BCUT2D eigenvalue weighted by Gasteiger charge is -2.11. The quantitative estimate of drug-likeness (QED) is 0.439. The summed E-state index contributed by atoms with van der Waals surface area (Å²) in [5.41, 5.74) is 2.26. The van der Waals surface area contributed by atoms with Crippen molar-refractivity contribution >= 4 is 60.4 Å². The van der Waals surface area contributed by atoms with Gasteiger partial charge in [-0.15, -0.1) is 11.3 Å². The third-order valence-electron chi connectivity index (χ3n) is 4.02. The maximum absolute atomic E-state index is 12.4. The first-order valence-corrected chi connectivity index (χ1v) is 10.4. The minimum absolute atomic E-state index is 0.123. The zero-order chi connectivity index (χ0) is 18.0. The highest BCUT2D eigenvalue weighted by Gasteiger charge is 2.26. The second kappa shape index (κ2) is 8.01. The van der Waals surface area contributed by atoms with Gasteiger partial charge in [0.1, 0.15) is 10.8 Å². The number of hydrogen-bond acceptors (Lipinski definition) is 5. The molecule has 0 fully saturated rings. The maximum Gasteiger partial charge on any atom is 0.341 e. The standard InChI is InChI=1S/C18H17Br2NO3S/c1-2-24-18(23)16-11-5-3-4-6-15(11)25-17(16)21-9-10-7-12(19)13(20)8-14(10)22/h7-9,22H,2-6H2,1H3/b21-9+. The number of ether oxygens (including phenoxy) is 1. The van der Waals surface area contributed by atoms with Crippen molar-refractivity contribution in [3.05, 3.63) is 42.6 Å². The summed E-state index contributed by atoms with van der Waals surface area (Å²) in [5.74, 6) is -0.187. The molecule has 2 aromatic rings. The third kappa shape index (κ3) is 3.99. The van der Waals surface area contributed by atoms with Gasteiger partial charge in [0.25, 0.3) is 0 Å². The number of carbonyl (C=O) groups excluding carboxylic acids is 1. The van der Waals surface area contributed by atoms with Crippen LogP contribution in [0.25, 0.3) is 0 Å². The minimum atomic E-state index is -0.310. The van der Waals surface area contributed by atoms with E-state index in [1.54, 1.807) is 36.6 Å². The molecule has 0 bridgehead atoms. The average Bonchev–Trinajstić information content (AvgIpc) is 2.95. The second-order valence-corrected chi connectivity index (χ2v) is 8.49. The molecular weight excluding hydrogens is 470 g/mol. The van der Waals surface area contributed by atoms with Crippen molar-refractivity contribution in [1.29, 1.82) is 0 Å². The molecule has 0 spiro atoms. The Bertz CT molecular complexity index is 845. The zero-order valence-corrected chi connectivity index (χ0v) is 17.6. The minimum Gasteiger partial charge on any atom is -0.507 e. The van der Waals surface area contributed by atoms with Gasteiger partial charge in [-0.25, -0.2) is 9.79 Å². The first kappa shape index (κ1) is 18.6. The number of nitrogens with zero attached hydrogens (tertiary/aromatic N) is 1. The molecule has 0 radical (unpaired) electrons. The van der Waals surface area contributed by atoms with Crippen molar-refractivity contribution < 1.29 is 14.6 Å². The molecule has 1 aromatic carbocycles. The van der Waals surface area contributed by atoms with E-state index in [2.05, 4.69) is 36.9 Å². The summed E-state index contributed by atoms with van der Waals surface area (Å²) in [7, 11) is 0. The van der Waals surface area contributed by atoms with Gasteiger partial charge in [0.15, 0.2) is 0 Å². The molecule has 0 saturated carbocycles. The summed E-state index contributed by atoms with van der Waals surface area (Å²) < 4.78 is 6.82. The highest BCUT2D eigenvalue weighted by atomic mass is 79.9. The van der Waals surface area contributed by atoms with Crippen LogP contribution in [-0.4, -0.2) is 23.9 Å². The molecule has 0 aliphatic heterocycles. The first-order chi connectivity index (χ1) is 12.0. The van der Waals surface area contributed by atoms with E-state index in [0.29, 0.717) is 22.7 Å². The molecule has 0 saturated heterocycles. The fraction of sp³-hybridized carbons (Fsp3) is 0.333. The van der Waals surface area contributed by atoms with Gasteiger partial charge in [-0.05, 0) is 82.2 Å². The molecule has 0 amide bonds. The van der Waals surface area contributed by atoms with E-state index in [-0.39, 0.29) is 11.7 Å². The topological polar surface area (TPSA) is 58.9 Å². The lowest BCUT2D eigenvalue weighted by atomic mass is 9.95. The van der Waals surface area contributed by atoms with Gasteiger partial charge in [-0.2, -0.15) is 0 Å². The fourth-order valence-electron chi connectivity index (χ4n) is 2.84. The van der Waals surface area contributed by atoms with E-state index in [1.165, 1.54) is 4.88 Å². The number of phenols is 1. The van der Waals surface area contributed by atoms with E-state index >= 15 is 0 Å². The summed E-state index contributed by atoms with van der Waals surface area (Å²) in [4.78, 5) is 18.2. The number of esters is 1. The predicted octanol–water partition coefficient (Wildman–Crippen LogP) is 5.78. The third-order valence-corrected chi connectivity index (χ3v) is 7.07. The lowest BCUT2D eigenvalue weighted by molar-refractivity contribution is 0.0526. The Balaban J connectivity index is 2.01. The summed E-state index contributed by atoms with van der Waals surface area (Å²) >= 11 is 8.32. The van der Waals surface area contributed by atoms with Gasteiger partial charge in [0, 0.05) is 25.6 Å². The smallest absolute Gasteiger partial charge is 0.341 e. The molecule has 132 valence electrons. The fourth-order valence-corrected chi connectivity index (χ4v) is 4.75. The van der Waals surface area contributed by atoms with Crippen molar-refractivity contribution in [1.82, 2.24) is 0 Å². The number of carbonyl (C=O) groups is 1. The van der Waals surface area contributed by atoms with Crippen molar-refractivity contribution in [2.24, 2.45) is 4.99 Å². The number of hydrogen-bond donors (Lipinski definition) is 1. The van der Waals surface area contributed by atoms with Crippen LogP contribution < -0.4 is 0 Å². The highest BCUT2D eigenvalue weighted by Crippen LogP contribution is 2.40. The molecule has 0 atom stereocenters. The summed E-state index contributed by atoms with van der Waals surface area (Å²) in [5, 5.41) is 10.7. The SMILES string of the molecule is CCOC(=O)c1c(/N=C/c2cc(Br)c(Br)cc2O)sc2c1CCCC2. The normalized spacial score (nSPS) is 13.9. The van der Waals surface area contributed by atoms with Crippen molar-refractivity contribution in [3.8, 4) is 5.75 Å². The Labute approximate surface area is 167 Å². The molecule has 1 aliphatic carbocycles. The lowest BCUT2D eigenvalue weighted by Crippen LogP contribution is -2.09. The van der Waals surface area contributed by atoms with Crippen LogP contribution in [0.15, 0.2) is 26.1 Å². The van der Waals surface area contributed by atoms with Crippen LogP contribution in [0.4, 0.5) is 5.00 Å². The molecule has 7 heteroatoms. The largest absolute Gasteiger partial charge is 0.507 e. The number of thiophene rings is 1. The van der Waals surface area contributed by atoms with E-state index in [1.807, 2.05) is 0 Å². The van der Waals surface area contributed by atoms with Crippen molar-refractivity contribution in [2.45, 2.75) is 32.6 Å². The van der Waals surface area contributed by atoms with Crippen LogP contribution >= 0.6 is 43.2 Å². The molecular formula is C18H17Br2NO3S. The van der Waals surface area contributed by atoms with Crippen LogP contribution in [0.1, 0.15) is 46.1 Å². The number of aromatic hydroxyl groups is 1. The predicted molar refractivity (Wildman–Crippen MR) is 108 cm³/mol. The van der Waals surface area contributed by atoms with Crippen LogP contribution in [-0.2, 0) is 17.6 Å². The molecule has 0 unspecified atom stereocenters. The van der Waals surface area contributed by atoms with E-state index in [4.69, 9.17) is 4.74 Å². The molecule has 1 aromatic heterocycles. The average molecular weight is 487 g/mol. The monoisotopic (exact) mass is 485 g/mol. The summed E-state index contributed by atoms with van der Waals surface area (Å²) in [6.45, 7) is 2.14. The first-order valence-electron chi connectivity index (χ1n) is 8.05. The number of phenolic OH excluding ortho intramolecular Hbond substituents is 1. The van der Waals surface area contributed by atoms with Crippen LogP contribution in [0.5, 0.6) is 5.75 Å². The second-order valence-electron chi connectivity index (χ2n) is 5.69. The highest BCUT2D eigenvalue weighted by molar-refractivity contribution is 9.13. The van der Waals surface area contributed by atoms with E-state index < -0.39 is 0 Å². The Morgan fingerprint density at radius 3 is 2.80 bits per heavy atom. The molecule has 25 heavy (non-hydrogen) atoms. The Morgan fingerprint density at radius 1 is 1.32 bits per heavy atom. The van der Waals surface area contributed by atoms with E-state index in [9.17, 15) is 9.90 Å². The Morgan fingerprint density at radius 2 is 2.04 bits per heavy atom. The molecule has 1 aliphatic rings. The van der Waals surface area contributed by atoms with Gasteiger partial charge in [0.05, 0.1) is 12.2 Å². The number of aryl methyl sites for hydroxylation is 1. The molecule has 3 rings (SSSR count). The number of halogens is 2. The Hall–Kier alpha value is -1.18.